The van der Waals surface area contributed by atoms with Crippen LogP contribution in [0.4, 0.5) is 18.9 Å². The Morgan fingerprint density at radius 3 is 2.50 bits per heavy atom. The Hall–Kier alpha value is -2.09. The van der Waals surface area contributed by atoms with Gasteiger partial charge in [-0.3, -0.25) is 9.59 Å². The van der Waals surface area contributed by atoms with Crippen molar-refractivity contribution in [3.05, 3.63) is 29.8 Å². The minimum absolute atomic E-state index is 0.0346. The summed E-state index contributed by atoms with van der Waals surface area (Å²) in [7, 11) is 0. The van der Waals surface area contributed by atoms with Crippen molar-refractivity contribution in [3.63, 3.8) is 0 Å². The number of rotatable bonds is 4. The summed E-state index contributed by atoms with van der Waals surface area (Å²) in [4.78, 5) is 26.7. The minimum atomic E-state index is -4.48. The van der Waals surface area contributed by atoms with Gasteiger partial charge in [0.2, 0.25) is 11.8 Å². The summed E-state index contributed by atoms with van der Waals surface area (Å²) >= 11 is 0. The molecule has 1 heterocycles. The van der Waals surface area contributed by atoms with Crippen LogP contribution < -0.4 is 4.90 Å². The Morgan fingerprint density at radius 1 is 1.25 bits per heavy atom. The highest BCUT2D eigenvalue weighted by atomic mass is 19.4. The van der Waals surface area contributed by atoms with Gasteiger partial charge in [0, 0.05) is 38.7 Å². The lowest BCUT2D eigenvalue weighted by atomic mass is 10.1. The standard InChI is InChI=1S/C16H19F3N2O3/c1-12(22)21(6-5-15(23)20-7-9-24-10-8-20)14-4-2-3-13(11-14)16(17,18)19/h2-4,11H,5-10H2,1H3. The first kappa shape index (κ1) is 18.3. The summed E-state index contributed by atoms with van der Waals surface area (Å²) in [5, 5.41) is 0. The number of halogens is 3. The van der Waals surface area contributed by atoms with E-state index in [4.69, 9.17) is 4.74 Å². The Balaban J connectivity index is 2.07. The molecule has 0 spiro atoms. The van der Waals surface area contributed by atoms with E-state index in [1.165, 1.54) is 24.0 Å². The predicted molar refractivity (Wildman–Crippen MR) is 81.5 cm³/mol. The van der Waals surface area contributed by atoms with E-state index in [-0.39, 0.29) is 24.6 Å². The third-order valence-corrected chi connectivity index (χ3v) is 3.78. The zero-order valence-electron chi connectivity index (χ0n) is 13.3. The third-order valence-electron chi connectivity index (χ3n) is 3.78. The van der Waals surface area contributed by atoms with E-state index in [9.17, 15) is 22.8 Å². The summed E-state index contributed by atoms with van der Waals surface area (Å²) in [6.07, 6.45) is -4.43. The molecule has 0 bridgehead atoms. The second kappa shape index (κ2) is 7.65. The number of alkyl halides is 3. The van der Waals surface area contributed by atoms with Crippen LogP contribution in [0, 0.1) is 0 Å². The number of carbonyl (C=O) groups is 2. The second-order valence-corrected chi connectivity index (χ2v) is 5.46. The zero-order valence-corrected chi connectivity index (χ0v) is 13.3. The van der Waals surface area contributed by atoms with Crippen molar-refractivity contribution in [3.8, 4) is 0 Å². The number of benzene rings is 1. The van der Waals surface area contributed by atoms with Crippen molar-refractivity contribution in [1.82, 2.24) is 4.90 Å². The lowest BCUT2D eigenvalue weighted by molar-refractivity contribution is -0.138. The minimum Gasteiger partial charge on any atom is -0.378 e. The number of hydrogen-bond acceptors (Lipinski definition) is 3. The molecular weight excluding hydrogens is 325 g/mol. The van der Waals surface area contributed by atoms with Crippen molar-refractivity contribution < 1.29 is 27.5 Å². The molecule has 1 saturated heterocycles. The molecule has 0 aliphatic carbocycles. The molecule has 132 valence electrons. The summed E-state index contributed by atoms with van der Waals surface area (Å²) in [5.41, 5.74) is -0.696. The number of hydrogen-bond donors (Lipinski definition) is 0. The van der Waals surface area contributed by atoms with Gasteiger partial charge in [0.1, 0.15) is 0 Å². The van der Waals surface area contributed by atoms with Crippen molar-refractivity contribution >= 4 is 17.5 Å². The van der Waals surface area contributed by atoms with E-state index in [2.05, 4.69) is 0 Å². The Labute approximate surface area is 138 Å². The van der Waals surface area contributed by atoms with E-state index < -0.39 is 17.6 Å². The third kappa shape index (κ3) is 4.70. The SMILES string of the molecule is CC(=O)N(CCC(=O)N1CCOCC1)c1cccc(C(F)(F)F)c1. The maximum Gasteiger partial charge on any atom is 0.416 e. The van der Waals surface area contributed by atoms with Gasteiger partial charge in [-0.15, -0.1) is 0 Å². The molecular formula is C16H19F3N2O3. The molecule has 0 aromatic heterocycles. The van der Waals surface area contributed by atoms with Gasteiger partial charge in [0.25, 0.3) is 0 Å². The topological polar surface area (TPSA) is 49.9 Å². The first-order valence-electron chi connectivity index (χ1n) is 7.60. The van der Waals surface area contributed by atoms with Crippen molar-refractivity contribution in [1.29, 1.82) is 0 Å². The molecule has 0 radical (unpaired) electrons. The van der Waals surface area contributed by atoms with Gasteiger partial charge in [-0.2, -0.15) is 13.2 Å². The molecule has 1 aromatic rings. The van der Waals surface area contributed by atoms with Gasteiger partial charge in [-0.1, -0.05) is 6.07 Å². The maximum atomic E-state index is 12.8. The molecule has 1 aliphatic heterocycles. The molecule has 2 amide bonds. The summed E-state index contributed by atoms with van der Waals surface area (Å²) in [5.74, 6) is -0.555. The number of morpholine rings is 1. The van der Waals surface area contributed by atoms with Gasteiger partial charge in [-0.05, 0) is 18.2 Å². The highest BCUT2D eigenvalue weighted by Crippen LogP contribution is 2.31. The second-order valence-electron chi connectivity index (χ2n) is 5.46. The fourth-order valence-corrected chi connectivity index (χ4v) is 2.50. The first-order chi connectivity index (χ1) is 11.3. The molecule has 0 N–H and O–H groups in total. The fraction of sp³-hybridized carbons (Fsp3) is 0.500. The maximum absolute atomic E-state index is 12.8. The normalized spacial score (nSPS) is 15.2. The molecule has 0 unspecified atom stereocenters. The summed E-state index contributed by atoms with van der Waals surface area (Å²) in [6.45, 7) is 3.21. The van der Waals surface area contributed by atoms with Gasteiger partial charge in [0.15, 0.2) is 0 Å². The fourth-order valence-electron chi connectivity index (χ4n) is 2.50. The summed E-state index contributed by atoms with van der Waals surface area (Å²) < 4.78 is 43.6. The van der Waals surface area contributed by atoms with Crippen LogP contribution in [0.25, 0.3) is 0 Å². The van der Waals surface area contributed by atoms with E-state index in [0.717, 1.165) is 12.1 Å². The molecule has 2 rings (SSSR count). The first-order valence-corrected chi connectivity index (χ1v) is 7.60. The van der Waals surface area contributed by atoms with Crippen LogP contribution in [0.1, 0.15) is 18.9 Å². The number of amides is 2. The lowest BCUT2D eigenvalue weighted by Crippen LogP contribution is -2.42. The monoisotopic (exact) mass is 344 g/mol. The van der Waals surface area contributed by atoms with Crippen LogP contribution >= 0.6 is 0 Å². The van der Waals surface area contributed by atoms with E-state index in [1.54, 1.807) is 4.90 Å². The Kier molecular flexibility index (Phi) is 5.82. The van der Waals surface area contributed by atoms with Gasteiger partial charge in [-0.25, -0.2) is 0 Å². The van der Waals surface area contributed by atoms with Crippen LogP contribution in [0.15, 0.2) is 24.3 Å². The van der Waals surface area contributed by atoms with Gasteiger partial charge < -0.3 is 14.5 Å². The molecule has 8 heteroatoms. The molecule has 24 heavy (non-hydrogen) atoms. The quantitative estimate of drug-likeness (QED) is 0.842. The van der Waals surface area contributed by atoms with Crippen LogP contribution in [0.2, 0.25) is 0 Å². The molecule has 0 saturated carbocycles. The number of carbonyl (C=O) groups excluding carboxylic acids is 2. The van der Waals surface area contributed by atoms with Gasteiger partial charge in [0.05, 0.1) is 18.8 Å². The highest BCUT2D eigenvalue weighted by Gasteiger charge is 2.31. The van der Waals surface area contributed by atoms with Crippen LogP contribution in [-0.2, 0) is 20.5 Å². The van der Waals surface area contributed by atoms with Crippen molar-refractivity contribution in [2.24, 2.45) is 0 Å². The van der Waals surface area contributed by atoms with Crippen molar-refractivity contribution in [2.45, 2.75) is 19.5 Å². The van der Waals surface area contributed by atoms with Crippen LogP contribution in [-0.4, -0.2) is 49.6 Å². The van der Waals surface area contributed by atoms with Gasteiger partial charge >= 0.3 is 6.18 Å². The number of nitrogens with zero attached hydrogens (tertiary/aromatic N) is 2. The van der Waals surface area contributed by atoms with E-state index in [1.807, 2.05) is 0 Å². The smallest absolute Gasteiger partial charge is 0.378 e. The Bertz CT molecular complexity index is 598. The Morgan fingerprint density at radius 2 is 1.92 bits per heavy atom. The van der Waals surface area contributed by atoms with Crippen LogP contribution in [0.5, 0.6) is 0 Å². The molecule has 0 atom stereocenters. The molecule has 1 aromatic carbocycles. The molecule has 1 aliphatic rings. The molecule has 1 fully saturated rings. The van der Waals surface area contributed by atoms with Crippen molar-refractivity contribution in [2.75, 3.05) is 37.7 Å². The van der Waals surface area contributed by atoms with Crippen LogP contribution in [0.3, 0.4) is 0 Å². The average molecular weight is 344 g/mol. The largest absolute Gasteiger partial charge is 0.416 e. The predicted octanol–water partition coefficient (Wildman–Crippen LogP) is 2.31. The molecule has 5 nitrogen and oxygen atoms in total. The average Bonchev–Trinajstić information content (AvgIpc) is 2.55. The lowest BCUT2D eigenvalue weighted by Gasteiger charge is -2.28. The summed E-state index contributed by atoms with van der Waals surface area (Å²) in [6, 6.07) is 4.54. The number of anilines is 1. The van der Waals surface area contributed by atoms with E-state index >= 15 is 0 Å². The van der Waals surface area contributed by atoms with E-state index in [0.29, 0.717) is 26.3 Å². The highest BCUT2D eigenvalue weighted by molar-refractivity contribution is 5.92. The zero-order chi connectivity index (χ0) is 17.7. The number of ether oxygens (including phenoxy) is 1.